The van der Waals surface area contributed by atoms with Crippen molar-refractivity contribution in [3.8, 4) is 0 Å². The lowest BCUT2D eigenvalue weighted by molar-refractivity contribution is -0.117. The number of aromatic nitrogens is 2. The van der Waals surface area contributed by atoms with Crippen molar-refractivity contribution in [3.05, 3.63) is 33.5 Å². The molecule has 1 aliphatic rings. The number of thiophene rings is 1. The summed E-state index contributed by atoms with van der Waals surface area (Å²) >= 11 is 1.51. The molecule has 1 aliphatic carbocycles. The van der Waals surface area contributed by atoms with E-state index in [0.717, 1.165) is 42.6 Å². The molecule has 0 unspecified atom stereocenters. The predicted octanol–water partition coefficient (Wildman–Crippen LogP) is 3.25. The van der Waals surface area contributed by atoms with E-state index in [2.05, 4.69) is 24.3 Å². The first-order chi connectivity index (χ1) is 13.8. The maximum absolute atomic E-state index is 12.7. The fourth-order valence-electron chi connectivity index (χ4n) is 3.87. The lowest BCUT2D eigenvalue weighted by Gasteiger charge is -2.18. The lowest BCUT2D eigenvalue weighted by atomic mass is 9.88. The van der Waals surface area contributed by atoms with Crippen LogP contribution in [0, 0.1) is 12.8 Å². The highest BCUT2D eigenvalue weighted by Crippen LogP contribution is 2.40. The second-order valence-corrected chi connectivity index (χ2v) is 8.94. The number of methoxy groups -OCH3 is 1. The third-order valence-corrected chi connectivity index (χ3v) is 6.68. The second-order valence-electron chi connectivity index (χ2n) is 7.84. The van der Waals surface area contributed by atoms with Crippen LogP contribution in [-0.2, 0) is 35.5 Å². The first-order valence-corrected chi connectivity index (χ1v) is 10.9. The van der Waals surface area contributed by atoms with E-state index in [1.54, 1.807) is 0 Å². The average Bonchev–Trinajstić information content (AvgIpc) is 3.20. The van der Waals surface area contributed by atoms with E-state index in [9.17, 15) is 9.59 Å². The summed E-state index contributed by atoms with van der Waals surface area (Å²) in [5.41, 5.74) is 3.81. The number of amides is 1. The molecule has 0 aliphatic heterocycles. The summed E-state index contributed by atoms with van der Waals surface area (Å²) in [4.78, 5) is 28.2. The highest BCUT2D eigenvalue weighted by molar-refractivity contribution is 7.17. The van der Waals surface area contributed by atoms with Crippen molar-refractivity contribution in [2.45, 2.75) is 53.1 Å². The Morgan fingerprint density at radius 1 is 1.45 bits per heavy atom. The van der Waals surface area contributed by atoms with Crippen LogP contribution in [0.5, 0.6) is 0 Å². The molecule has 158 valence electrons. The maximum atomic E-state index is 12.7. The quantitative estimate of drug-likeness (QED) is 0.699. The number of aryl methyl sites for hydroxylation is 1. The van der Waals surface area contributed by atoms with Crippen LogP contribution in [0.15, 0.2) is 6.20 Å². The molecule has 7 nitrogen and oxygen atoms in total. The van der Waals surface area contributed by atoms with Gasteiger partial charge in [-0.25, -0.2) is 4.79 Å². The van der Waals surface area contributed by atoms with Crippen LogP contribution in [0.3, 0.4) is 0 Å². The summed E-state index contributed by atoms with van der Waals surface area (Å²) in [5.74, 6) is 0.0850. The minimum atomic E-state index is -0.372. The number of carbonyl (C=O) groups is 2. The minimum absolute atomic E-state index is 0.134. The third kappa shape index (κ3) is 4.70. The van der Waals surface area contributed by atoms with Crippen molar-refractivity contribution in [2.24, 2.45) is 5.92 Å². The van der Waals surface area contributed by atoms with E-state index in [4.69, 9.17) is 4.74 Å². The number of nitrogens with zero attached hydrogens (tertiary/aromatic N) is 3. The molecule has 29 heavy (non-hydrogen) atoms. The molecular weight excluding hydrogens is 388 g/mol. The number of rotatable bonds is 7. The van der Waals surface area contributed by atoms with Crippen molar-refractivity contribution in [2.75, 3.05) is 26.0 Å². The molecule has 0 bridgehead atoms. The van der Waals surface area contributed by atoms with Crippen LogP contribution < -0.4 is 5.32 Å². The smallest absolute Gasteiger partial charge is 0.341 e. The van der Waals surface area contributed by atoms with Gasteiger partial charge in [0.15, 0.2) is 0 Å². The molecule has 1 atom stereocenters. The van der Waals surface area contributed by atoms with Gasteiger partial charge in [0.05, 0.1) is 25.4 Å². The van der Waals surface area contributed by atoms with E-state index in [1.807, 2.05) is 29.7 Å². The van der Waals surface area contributed by atoms with Crippen LogP contribution in [0.1, 0.15) is 52.3 Å². The number of carbonyl (C=O) groups excluding carboxylic acids is 2. The molecule has 2 aromatic rings. The summed E-state index contributed by atoms with van der Waals surface area (Å²) < 4.78 is 6.94. The number of anilines is 1. The number of esters is 1. The first kappa shape index (κ1) is 21.5. The van der Waals surface area contributed by atoms with Gasteiger partial charge in [0.1, 0.15) is 5.00 Å². The fourth-order valence-corrected chi connectivity index (χ4v) is 5.29. The molecular formula is C21H30N4O3S. The van der Waals surface area contributed by atoms with Gasteiger partial charge in [-0.2, -0.15) is 5.10 Å². The Kier molecular flexibility index (Phi) is 6.74. The Morgan fingerprint density at radius 2 is 2.21 bits per heavy atom. The fraction of sp³-hybridized carbons (Fsp3) is 0.571. The molecule has 1 amide bonds. The van der Waals surface area contributed by atoms with Gasteiger partial charge >= 0.3 is 5.97 Å². The number of ether oxygens (including phenoxy) is 1. The lowest BCUT2D eigenvalue weighted by Crippen LogP contribution is -2.30. The Hall–Kier alpha value is -2.19. The first-order valence-electron chi connectivity index (χ1n) is 10.1. The third-order valence-electron chi connectivity index (χ3n) is 5.51. The summed E-state index contributed by atoms with van der Waals surface area (Å²) in [6.45, 7) is 8.02. The highest BCUT2D eigenvalue weighted by atomic mass is 32.1. The Bertz CT molecular complexity index is 902. The number of hydrogen-bond donors (Lipinski definition) is 1. The van der Waals surface area contributed by atoms with Gasteiger partial charge in [-0.3, -0.25) is 14.4 Å². The second kappa shape index (κ2) is 9.09. The monoisotopic (exact) mass is 418 g/mol. The molecule has 2 heterocycles. The van der Waals surface area contributed by atoms with Gasteiger partial charge in [-0.15, -0.1) is 11.3 Å². The van der Waals surface area contributed by atoms with Crippen molar-refractivity contribution < 1.29 is 14.3 Å². The van der Waals surface area contributed by atoms with Crippen LogP contribution in [0.25, 0.3) is 0 Å². The zero-order valence-corrected chi connectivity index (χ0v) is 18.7. The van der Waals surface area contributed by atoms with Gasteiger partial charge in [-0.1, -0.05) is 6.92 Å². The molecule has 8 heteroatoms. The molecule has 1 N–H and O–H groups in total. The zero-order valence-electron chi connectivity index (χ0n) is 17.9. The number of hydrogen-bond acceptors (Lipinski definition) is 6. The van der Waals surface area contributed by atoms with E-state index >= 15 is 0 Å². The van der Waals surface area contributed by atoms with Crippen LogP contribution in [-0.4, -0.2) is 47.3 Å². The molecule has 0 saturated carbocycles. The van der Waals surface area contributed by atoms with Crippen LogP contribution >= 0.6 is 11.3 Å². The number of fused-ring (bicyclic) bond motifs is 1. The average molecular weight is 419 g/mol. The molecule has 0 spiro atoms. The van der Waals surface area contributed by atoms with Crippen molar-refractivity contribution >= 4 is 28.2 Å². The Labute approximate surface area is 176 Å². The predicted molar refractivity (Wildman–Crippen MR) is 114 cm³/mol. The summed E-state index contributed by atoms with van der Waals surface area (Å²) in [6, 6.07) is 0. The molecule has 3 rings (SSSR count). The molecule has 2 aromatic heterocycles. The van der Waals surface area contributed by atoms with E-state index < -0.39 is 0 Å². The van der Waals surface area contributed by atoms with Gasteiger partial charge < -0.3 is 10.1 Å². The van der Waals surface area contributed by atoms with Crippen LogP contribution in [0.2, 0.25) is 0 Å². The van der Waals surface area contributed by atoms with E-state index in [-0.39, 0.29) is 18.4 Å². The van der Waals surface area contributed by atoms with E-state index in [0.29, 0.717) is 23.0 Å². The van der Waals surface area contributed by atoms with Crippen LogP contribution in [0.4, 0.5) is 5.00 Å². The molecule has 0 fully saturated rings. The van der Waals surface area contributed by atoms with Crippen molar-refractivity contribution in [1.82, 2.24) is 14.7 Å². The normalized spacial score (nSPS) is 16.0. The molecule has 0 radical (unpaired) electrons. The number of nitrogens with one attached hydrogen (secondary N) is 1. The SMILES string of the molecule is CCn1ncc(CN(C)CC(=O)Nc2sc3c(c2C(=O)OC)CC[C@H](C)C3)c1C. The number of likely N-dealkylation sites (N-methyl/N-ethyl adjacent to an activating group) is 1. The minimum Gasteiger partial charge on any atom is -0.465 e. The van der Waals surface area contributed by atoms with Gasteiger partial charge in [0.25, 0.3) is 0 Å². The van der Waals surface area contributed by atoms with Gasteiger partial charge in [0.2, 0.25) is 5.91 Å². The topological polar surface area (TPSA) is 76.5 Å². The van der Waals surface area contributed by atoms with Crippen molar-refractivity contribution in [3.63, 3.8) is 0 Å². The van der Waals surface area contributed by atoms with E-state index in [1.165, 1.54) is 23.3 Å². The zero-order chi connectivity index (χ0) is 21.1. The Morgan fingerprint density at radius 3 is 2.86 bits per heavy atom. The van der Waals surface area contributed by atoms with Gasteiger partial charge in [-0.05, 0) is 51.6 Å². The highest BCUT2D eigenvalue weighted by Gasteiger charge is 2.29. The summed E-state index contributed by atoms with van der Waals surface area (Å²) in [5, 5.41) is 7.93. The standard InChI is InChI=1S/C21H30N4O3S/c1-6-25-14(3)15(10-22-25)11-24(4)12-18(26)23-20-19(21(27)28-5)16-8-7-13(2)9-17(16)29-20/h10,13H,6-9,11-12H2,1-5H3,(H,23,26)/t13-/m0/s1. The molecule has 0 saturated heterocycles. The molecule has 0 aromatic carbocycles. The maximum Gasteiger partial charge on any atom is 0.341 e. The summed E-state index contributed by atoms with van der Waals surface area (Å²) in [7, 11) is 3.29. The summed E-state index contributed by atoms with van der Waals surface area (Å²) in [6.07, 6.45) is 4.71. The van der Waals surface area contributed by atoms with Crippen molar-refractivity contribution in [1.29, 1.82) is 0 Å². The van der Waals surface area contributed by atoms with Gasteiger partial charge in [0, 0.05) is 29.2 Å². The Balaban J connectivity index is 1.70. The largest absolute Gasteiger partial charge is 0.465 e.